The van der Waals surface area contributed by atoms with Crippen LogP contribution in [0.3, 0.4) is 0 Å². The Bertz CT molecular complexity index is 418. The van der Waals surface area contributed by atoms with Crippen LogP contribution in [0, 0.1) is 0 Å². The summed E-state index contributed by atoms with van der Waals surface area (Å²) in [5.41, 5.74) is 0.871. The fraction of sp³-hybridized carbons (Fsp3) is 0.417. The van der Waals surface area contributed by atoms with Crippen LogP contribution in [-0.2, 0) is 9.53 Å². The Hall–Kier alpha value is -0.550. The molecular weight excluding hydrogens is 352 g/mol. The van der Waals surface area contributed by atoms with Crippen molar-refractivity contribution in [1.82, 2.24) is 0 Å². The average molecular weight is 366 g/mol. The summed E-state index contributed by atoms with van der Waals surface area (Å²) < 4.78 is 11.8. The first-order chi connectivity index (χ1) is 8.02. The molecule has 1 rings (SSSR count). The smallest absolute Gasteiger partial charge is 0.313 e. The van der Waals surface area contributed by atoms with Crippen molar-refractivity contribution in [3.8, 4) is 5.75 Å². The first kappa shape index (κ1) is 14.5. The molecule has 0 spiro atoms. The maximum atomic E-state index is 11.7. The second-order valence-electron chi connectivity index (χ2n) is 3.46. The molecule has 0 saturated carbocycles. The third-order valence-corrected chi connectivity index (χ3v) is 4.58. The van der Waals surface area contributed by atoms with Gasteiger partial charge in [-0.05, 0) is 57.3 Å². The van der Waals surface area contributed by atoms with E-state index in [-0.39, 0.29) is 11.9 Å². The lowest BCUT2D eigenvalue weighted by Gasteiger charge is -2.15. The number of halogens is 2. The van der Waals surface area contributed by atoms with Crippen LogP contribution >= 0.6 is 31.9 Å². The molecule has 1 atom stereocenters. The van der Waals surface area contributed by atoms with Crippen molar-refractivity contribution in [1.29, 1.82) is 0 Å². The number of rotatable bonds is 4. The molecule has 0 aliphatic rings. The molecule has 0 bridgehead atoms. The van der Waals surface area contributed by atoms with Crippen molar-refractivity contribution in [3.63, 3.8) is 0 Å². The fourth-order valence-corrected chi connectivity index (χ4v) is 2.63. The van der Waals surface area contributed by atoms with Gasteiger partial charge in [-0.25, -0.2) is 0 Å². The minimum Gasteiger partial charge on any atom is -0.496 e. The monoisotopic (exact) mass is 364 g/mol. The van der Waals surface area contributed by atoms with Gasteiger partial charge < -0.3 is 9.47 Å². The number of carbonyl (C=O) groups excluding carboxylic acids is 1. The standard InChI is InChI=1S/C12H14Br2O3/c1-4-17-12(15)7(2)8-5-6-9(16-3)11(14)10(8)13/h5-7H,4H2,1-3H3. The van der Waals surface area contributed by atoms with Gasteiger partial charge in [0.1, 0.15) is 5.75 Å². The molecule has 0 radical (unpaired) electrons. The normalized spacial score (nSPS) is 12.1. The van der Waals surface area contributed by atoms with Gasteiger partial charge in [0.2, 0.25) is 0 Å². The summed E-state index contributed by atoms with van der Waals surface area (Å²) in [6.07, 6.45) is 0. The van der Waals surface area contributed by atoms with Gasteiger partial charge in [0.25, 0.3) is 0 Å². The summed E-state index contributed by atoms with van der Waals surface area (Å²) in [6, 6.07) is 3.68. The summed E-state index contributed by atoms with van der Waals surface area (Å²) in [4.78, 5) is 11.7. The summed E-state index contributed by atoms with van der Waals surface area (Å²) >= 11 is 6.88. The summed E-state index contributed by atoms with van der Waals surface area (Å²) in [6.45, 7) is 4.00. The first-order valence-electron chi connectivity index (χ1n) is 5.21. The molecule has 0 fully saturated rings. The highest BCUT2D eigenvalue weighted by Gasteiger charge is 2.21. The minimum absolute atomic E-state index is 0.231. The van der Waals surface area contributed by atoms with Crippen LogP contribution in [0.15, 0.2) is 21.1 Å². The molecule has 0 heterocycles. The molecule has 1 aromatic carbocycles. The van der Waals surface area contributed by atoms with Gasteiger partial charge in [0.15, 0.2) is 0 Å². The molecule has 17 heavy (non-hydrogen) atoms. The van der Waals surface area contributed by atoms with Crippen LogP contribution in [0.5, 0.6) is 5.75 Å². The second kappa shape index (κ2) is 6.40. The number of esters is 1. The van der Waals surface area contributed by atoms with Crippen LogP contribution in [0.2, 0.25) is 0 Å². The van der Waals surface area contributed by atoms with E-state index in [4.69, 9.17) is 9.47 Å². The highest BCUT2D eigenvalue weighted by molar-refractivity contribution is 9.13. The quantitative estimate of drug-likeness (QED) is 0.759. The number of benzene rings is 1. The van der Waals surface area contributed by atoms with E-state index >= 15 is 0 Å². The third kappa shape index (κ3) is 3.22. The second-order valence-corrected chi connectivity index (χ2v) is 5.04. The molecule has 3 nitrogen and oxygen atoms in total. The maximum Gasteiger partial charge on any atom is 0.313 e. The van der Waals surface area contributed by atoms with E-state index in [0.717, 1.165) is 20.3 Å². The summed E-state index contributed by atoms with van der Waals surface area (Å²) in [5, 5.41) is 0. The Labute approximate surface area is 118 Å². The maximum absolute atomic E-state index is 11.7. The Kier molecular flexibility index (Phi) is 5.46. The van der Waals surface area contributed by atoms with Gasteiger partial charge in [-0.1, -0.05) is 6.07 Å². The first-order valence-corrected chi connectivity index (χ1v) is 6.80. The Balaban J connectivity index is 3.07. The van der Waals surface area contributed by atoms with Crippen molar-refractivity contribution < 1.29 is 14.3 Å². The van der Waals surface area contributed by atoms with E-state index in [9.17, 15) is 4.79 Å². The largest absolute Gasteiger partial charge is 0.496 e. The van der Waals surface area contributed by atoms with Crippen molar-refractivity contribution in [2.24, 2.45) is 0 Å². The number of ether oxygens (including phenoxy) is 2. The molecule has 1 unspecified atom stereocenters. The zero-order chi connectivity index (χ0) is 13.0. The van der Waals surface area contributed by atoms with Crippen LogP contribution in [0.4, 0.5) is 0 Å². The van der Waals surface area contributed by atoms with Crippen LogP contribution in [0.1, 0.15) is 25.3 Å². The number of methoxy groups -OCH3 is 1. The van der Waals surface area contributed by atoms with E-state index in [2.05, 4.69) is 31.9 Å². The molecule has 1 aromatic rings. The van der Waals surface area contributed by atoms with E-state index in [1.165, 1.54) is 0 Å². The van der Waals surface area contributed by atoms with E-state index < -0.39 is 0 Å². The van der Waals surface area contributed by atoms with E-state index in [0.29, 0.717) is 6.61 Å². The molecular formula is C12H14Br2O3. The van der Waals surface area contributed by atoms with Crippen molar-refractivity contribution in [2.75, 3.05) is 13.7 Å². The summed E-state index contributed by atoms with van der Waals surface area (Å²) in [7, 11) is 1.60. The molecule has 94 valence electrons. The van der Waals surface area contributed by atoms with Gasteiger partial charge >= 0.3 is 5.97 Å². The van der Waals surface area contributed by atoms with Gasteiger partial charge in [0, 0.05) is 4.47 Å². The van der Waals surface area contributed by atoms with Crippen LogP contribution < -0.4 is 4.74 Å². The SMILES string of the molecule is CCOC(=O)C(C)c1ccc(OC)c(Br)c1Br. The van der Waals surface area contributed by atoms with Crippen molar-refractivity contribution in [2.45, 2.75) is 19.8 Å². The fourth-order valence-electron chi connectivity index (χ4n) is 1.43. The molecule has 5 heteroatoms. The zero-order valence-corrected chi connectivity index (χ0v) is 13.1. The molecule has 0 aliphatic heterocycles. The lowest BCUT2D eigenvalue weighted by atomic mass is 10.0. The van der Waals surface area contributed by atoms with Crippen LogP contribution in [0.25, 0.3) is 0 Å². The zero-order valence-electron chi connectivity index (χ0n) is 9.92. The van der Waals surface area contributed by atoms with Gasteiger partial charge in [0.05, 0.1) is 24.1 Å². The van der Waals surface area contributed by atoms with Gasteiger partial charge in [-0.2, -0.15) is 0 Å². The number of hydrogen-bond acceptors (Lipinski definition) is 3. The highest BCUT2D eigenvalue weighted by atomic mass is 79.9. The minimum atomic E-state index is -0.313. The average Bonchev–Trinajstić information content (AvgIpc) is 2.32. The highest BCUT2D eigenvalue weighted by Crippen LogP contribution is 2.38. The van der Waals surface area contributed by atoms with Crippen LogP contribution in [-0.4, -0.2) is 19.7 Å². The Morgan fingerprint density at radius 1 is 1.35 bits per heavy atom. The molecule has 0 amide bonds. The topological polar surface area (TPSA) is 35.5 Å². The van der Waals surface area contributed by atoms with Gasteiger partial charge in [-0.3, -0.25) is 4.79 Å². The van der Waals surface area contributed by atoms with Gasteiger partial charge in [-0.15, -0.1) is 0 Å². The van der Waals surface area contributed by atoms with Crippen molar-refractivity contribution in [3.05, 3.63) is 26.6 Å². The predicted octanol–water partition coefficient (Wildman–Crippen LogP) is 3.89. The van der Waals surface area contributed by atoms with Crippen molar-refractivity contribution >= 4 is 37.8 Å². The Morgan fingerprint density at radius 2 is 2.00 bits per heavy atom. The molecule has 0 N–H and O–H groups in total. The molecule has 0 saturated heterocycles. The van der Waals surface area contributed by atoms with E-state index in [1.807, 2.05) is 19.1 Å². The number of carbonyl (C=O) groups is 1. The Morgan fingerprint density at radius 3 is 2.53 bits per heavy atom. The van der Waals surface area contributed by atoms with E-state index in [1.54, 1.807) is 14.0 Å². The lowest BCUT2D eigenvalue weighted by molar-refractivity contribution is -0.144. The third-order valence-electron chi connectivity index (χ3n) is 2.40. The molecule has 0 aromatic heterocycles. The lowest BCUT2D eigenvalue weighted by Crippen LogP contribution is -2.13. The summed E-state index contributed by atoms with van der Waals surface area (Å²) in [5.74, 6) is 0.175. The predicted molar refractivity (Wildman–Crippen MR) is 73.4 cm³/mol. The molecule has 0 aliphatic carbocycles. The number of hydrogen-bond donors (Lipinski definition) is 0.